The van der Waals surface area contributed by atoms with Gasteiger partial charge in [-0.3, -0.25) is 0 Å². The van der Waals surface area contributed by atoms with Crippen molar-refractivity contribution in [1.82, 2.24) is 15.3 Å². The van der Waals surface area contributed by atoms with E-state index in [4.69, 9.17) is 4.74 Å². The third kappa shape index (κ3) is 6.48. The molecule has 3 N–H and O–H groups in total. The van der Waals surface area contributed by atoms with Crippen molar-refractivity contribution in [3.05, 3.63) is 11.8 Å². The van der Waals surface area contributed by atoms with Crippen LogP contribution in [0.25, 0.3) is 0 Å². The molecule has 8 heteroatoms. The lowest BCUT2D eigenvalue weighted by molar-refractivity contribution is 0.0511. The van der Waals surface area contributed by atoms with Crippen LogP contribution < -0.4 is 10.6 Å². The van der Waals surface area contributed by atoms with Crippen molar-refractivity contribution in [2.75, 3.05) is 18.1 Å². The third-order valence-corrected chi connectivity index (χ3v) is 3.10. The van der Waals surface area contributed by atoms with E-state index in [-0.39, 0.29) is 12.6 Å². The van der Waals surface area contributed by atoms with Crippen LogP contribution in [0.15, 0.2) is 11.4 Å². The van der Waals surface area contributed by atoms with Crippen molar-refractivity contribution in [3.63, 3.8) is 0 Å². The fourth-order valence-electron chi connectivity index (χ4n) is 1.57. The molecule has 0 saturated carbocycles. The first-order valence-corrected chi connectivity index (χ1v) is 8.21. The van der Waals surface area contributed by atoms with Crippen molar-refractivity contribution in [1.29, 1.82) is 0 Å². The summed E-state index contributed by atoms with van der Waals surface area (Å²) in [7, 11) is 0. The van der Waals surface area contributed by atoms with Crippen LogP contribution in [0.3, 0.4) is 0 Å². The molecule has 0 spiro atoms. The molecule has 1 amide bonds. The quantitative estimate of drug-likeness (QED) is 0.543. The molecule has 22 heavy (non-hydrogen) atoms. The van der Waals surface area contributed by atoms with Crippen LogP contribution in [0.4, 0.5) is 10.6 Å². The Bertz CT molecular complexity index is 505. The minimum atomic E-state index is -0.527. The highest BCUT2D eigenvalue weighted by atomic mass is 32.2. The number of ether oxygens (including phenoxy) is 1. The highest BCUT2D eigenvalue weighted by molar-refractivity contribution is 7.98. The van der Waals surface area contributed by atoms with E-state index in [2.05, 4.69) is 20.6 Å². The number of aliphatic hydroxyl groups is 1. The summed E-state index contributed by atoms with van der Waals surface area (Å²) >= 11 is 1.42. The summed E-state index contributed by atoms with van der Waals surface area (Å²) in [5.74, 6) is 0.569. The Morgan fingerprint density at radius 2 is 2.18 bits per heavy atom. The predicted octanol–water partition coefficient (Wildman–Crippen LogP) is 2.02. The number of carbonyl (C=O) groups is 1. The van der Waals surface area contributed by atoms with Gasteiger partial charge in [0.15, 0.2) is 5.16 Å². The van der Waals surface area contributed by atoms with E-state index in [0.29, 0.717) is 23.1 Å². The van der Waals surface area contributed by atoms with Gasteiger partial charge in [0.05, 0.1) is 6.61 Å². The largest absolute Gasteiger partial charge is 0.444 e. The van der Waals surface area contributed by atoms with Gasteiger partial charge in [-0.1, -0.05) is 11.8 Å². The molecular formula is C14H24N4O3S. The molecule has 124 valence electrons. The van der Waals surface area contributed by atoms with Crippen LogP contribution in [0.5, 0.6) is 0 Å². The zero-order valence-electron chi connectivity index (χ0n) is 13.6. The Balaban J connectivity index is 2.56. The zero-order chi connectivity index (χ0) is 16.8. The second kappa shape index (κ2) is 8.19. The number of aliphatic hydroxyl groups excluding tert-OH is 1. The Morgan fingerprint density at radius 3 is 2.73 bits per heavy atom. The smallest absolute Gasteiger partial charge is 0.407 e. The number of thioether (sulfide) groups is 1. The fourth-order valence-corrected chi connectivity index (χ4v) is 1.91. The van der Waals surface area contributed by atoms with Crippen molar-refractivity contribution in [2.45, 2.75) is 51.1 Å². The molecule has 0 aliphatic heterocycles. The highest BCUT2D eigenvalue weighted by Gasteiger charge is 2.17. The second-order valence-corrected chi connectivity index (χ2v) is 6.59. The molecule has 0 fully saturated rings. The number of hydrogen-bond acceptors (Lipinski definition) is 7. The molecule has 1 aromatic rings. The summed E-state index contributed by atoms with van der Waals surface area (Å²) in [4.78, 5) is 20.1. The van der Waals surface area contributed by atoms with Crippen LogP contribution in [-0.2, 0) is 11.3 Å². The Labute approximate surface area is 135 Å². The molecule has 0 radical (unpaired) electrons. The van der Waals surface area contributed by atoms with Crippen LogP contribution >= 0.6 is 11.8 Å². The molecule has 0 aliphatic carbocycles. The molecule has 0 saturated heterocycles. The van der Waals surface area contributed by atoms with Gasteiger partial charge in [0.1, 0.15) is 11.4 Å². The monoisotopic (exact) mass is 328 g/mol. The Hall–Kier alpha value is -1.54. The molecule has 7 nitrogen and oxygen atoms in total. The normalized spacial score (nSPS) is 12.6. The summed E-state index contributed by atoms with van der Waals surface area (Å²) in [5, 5.41) is 15.8. The van der Waals surface area contributed by atoms with Crippen LogP contribution in [0, 0.1) is 0 Å². The van der Waals surface area contributed by atoms with Gasteiger partial charge < -0.3 is 20.5 Å². The molecule has 0 aliphatic rings. The SMILES string of the molecule is CSc1ncc(CO)c(NC[C@@H](C)NC(=O)OC(C)(C)C)n1. The minimum Gasteiger partial charge on any atom is -0.444 e. The van der Waals surface area contributed by atoms with E-state index in [1.165, 1.54) is 11.8 Å². The molecule has 1 aromatic heterocycles. The lowest BCUT2D eigenvalue weighted by Gasteiger charge is -2.22. The predicted molar refractivity (Wildman–Crippen MR) is 87.1 cm³/mol. The van der Waals surface area contributed by atoms with Gasteiger partial charge in [0, 0.05) is 24.3 Å². The number of nitrogens with zero attached hydrogens (tertiary/aromatic N) is 2. The number of aromatic nitrogens is 2. The van der Waals surface area contributed by atoms with Crippen molar-refractivity contribution in [3.8, 4) is 0 Å². The zero-order valence-corrected chi connectivity index (χ0v) is 14.5. The minimum absolute atomic E-state index is 0.148. The molecule has 0 unspecified atom stereocenters. The summed E-state index contributed by atoms with van der Waals surface area (Å²) < 4.78 is 5.20. The molecule has 0 bridgehead atoms. The number of alkyl carbamates (subject to hydrolysis) is 1. The summed E-state index contributed by atoms with van der Waals surface area (Å²) in [6.45, 7) is 7.60. The average molecular weight is 328 g/mol. The van der Waals surface area contributed by atoms with Gasteiger partial charge in [-0.15, -0.1) is 0 Å². The average Bonchev–Trinajstić information content (AvgIpc) is 2.42. The first-order valence-electron chi connectivity index (χ1n) is 6.99. The lowest BCUT2D eigenvalue weighted by atomic mass is 10.2. The van der Waals surface area contributed by atoms with Gasteiger partial charge in [-0.05, 0) is 34.0 Å². The van der Waals surface area contributed by atoms with E-state index in [1.807, 2.05) is 34.0 Å². The topological polar surface area (TPSA) is 96.4 Å². The lowest BCUT2D eigenvalue weighted by Crippen LogP contribution is -2.41. The number of hydrogen-bond donors (Lipinski definition) is 3. The summed E-state index contributed by atoms with van der Waals surface area (Å²) in [6, 6.07) is -0.158. The van der Waals surface area contributed by atoms with E-state index < -0.39 is 11.7 Å². The maximum absolute atomic E-state index is 11.7. The second-order valence-electron chi connectivity index (χ2n) is 5.82. The summed E-state index contributed by atoms with van der Waals surface area (Å²) in [6.07, 6.45) is 3.01. The third-order valence-electron chi connectivity index (χ3n) is 2.53. The van der Waals surface area contributed by atoms with Gasteiger partial charge in [-0.25, -0.2) is 14.8 Å². The number of nitrogens with one attached hydrogen (secondary N) is 2. The Kier molecular flexibility index (Phi) is 6.89. The van der Waals surface area contributed by atoms with Crippen LogP contribution in [0.2, 0.25) is 0 Å². The van der Waals surface area contributed by atoms with Crippen molar-refractivity contribution >= 4 is 23.7 Å². The van der Waals surface area contributed by atoms with Gasteiger partial charge in [0.2, 0.25) is 0 Å². The van der Waals surface area contributed by atoms with Crippen molar-refractivity contribution < 1.29 is 14.6 Å². The molecule has 0 aromatic carbocycles. The summed E-state index contributed by atoms with van der Waals surface area (Å²) in [5.41, 5.74) is 0.0866. The molecule has 1 rings (SSSR count). The first kappa shape index (κ1) is 18.5. The van der Waals surface area contributed by atoms with Gasteiger partial charge in [0.25, 0.3) is 0 Å². The number of rotatable bonds is 6. The van der Waals surface area contributed by atoms with E-state index in [9.17, 15) is 9.90 Å². The number of amides is 1. The molecule has 1 heterocycles. The Morgan fingerprint density at radius 1 is 1.50 bits per heavy atom. The number of anilines is 1. The standard InChI is InChI=1S/C14H24N4O3S/c1-9(17-13(20)21-14(2,3)4)6-15-11-10(8-19)7-16-12(18-11)22-5/h7,9,19H,6,8H2,1-5H3,(H,17,20)(H,15,16,18)/t9-/m1/s1. The van der Waals surface area contributed by atoms with E-state index in [1.54, 1.807) is 6.20 Å². The van der Waals surface area contributed by atoms with Crippen molar-refractivity contribution in [2.24, 2.45) is 0 Å². The van der Waals surface area contributed by atoms with Crippen LogP contribution in [-0.4, -0.2) is 45.6 Å². The van der Waals surface area contributed by atoms with Gasteiger partial charge in [-0.2, -0.15) is 0 Å². The maximum atomic E-state index is 11.7. The molecular weight excluding hydrogens is 304 g/mol. The highest BCUT2D eigenvalue weighted by Crippen LogP contribution is 2.16. The van der Waals surface area contributed by atoms with E-state index in [0.717, 1.165) is 0 Å². The number of carbonyl (C=O) groups excluding carboxylic acids is 1. The fraction of sp³-hybridized carbons (Fsp3) is 0.643. The van der Waals surface area contributed by atoms with Crippen LogP contribution in [0.1, 0.15) is 33.3 Å². The molecule has 1 atom stereocenters. The first-order chi connectivity index (χ1) is 10.2. The van der Waals surface area contributed by atoms with E-state index >= 15 is 0 Å². The maximum Gasteiger partial charge on any atom is 0.407 e. The van der Waals surface area contributed by atoms with Gasteiger partial charge >= 0.3 is 6.09 Å².